The molecule has 0 aliphatic heterocycles. The SMILES string of the molecule is C=CCCCCCCCCOC(=O)CCC. The molecular weight excluding hydrogens is 200 g/mol. The van der Waals surface area contributed by atoms with Gasteiger partial charge in [-0.2, -0.15) is 0 Å². The molecule has 0 rings (SSSR count). The molecule has 0 fully saturated rings. The topological polar surface area (TPSA) is 26.3 Å². The molecule has 0 amide bonds. The third kappa shape index (κ3) is 11.3. The minimum absolute atomic E-state index is 0.0477. The molecule has 0 aromatic heterocycles. The van der Waals surface area contributed by atoms with Gasteiger partial charge in [-0.25, -0.2) is 0 Å². The van der Waals surface area contributed by atoms with E-state index in [2.05, 4.69) is 6.58 Å². The molecule has 0 aliphatic carbocycles. The summed E-state index contributed by atoms with van der Waals surface area (Å²) in [6.07, 6.45) is 11.8. The molecule has 0 bridgehead atoms. The van der Waals surface area contributed by atoms with Crippen molar-refractivity contribution in [2.45, 2.75) is 64.7 Å². The van der Waals surface area contributed by atoms with Crippen molar-refractivity contribution >= 4 is 5.97 Å². The van der Waals surface area contributed by atoms with Crippen LogP contribution in [0.1, 0.15) is 64.7 Å². The number of carbonyl (C=O) groups excluding carboxylic acids is 1. The van der Waals surface area contributed by atoms with E-state index in [9.17, 15) is 4.79 Å². The van der Waals surface area contributed by atoms with Crippen LogP contribution in [0, 0.1) is 0 Å². The molecule has 0 aromatic carbocycles. The number of rotatable bonds is 11. The predicted octanol–water partition coefficient (Wildman–Crippen LogP) is 4.25. The molecule has 94 valence electrons. The van der Waals surface area contributed by atoms with Gasteiger partial charge < -0.3 is 4.74 Å². The van der Waals surface area contributed by atoms with E-state index in [1.807, 2.05) is 13.0 Å². The lowest BCUT2D eigenvalue weighted by Gasteiger charge is -2.03. The van der Waals surface area contributed by atoms with Crippen molar-refractivity contribution in [3.05, 3.63) is 12.7 Å². The average molecular weight is 226 g/mol. The molecular formula is C14H26O2. The number of carbonyl (C=O) groups is 1. The number of ether oxygens (including phenoxy) is 1. The lowest BCUT2D eigenvalue weighted by Crippen LogP contribution is -2.04. The summed E-state index contributed by atoms with van der Waals surface area (Å²) in [5.74, 6) is -0.0477. The Labute approximate surface area is 100 Å². The Morgan fingerprint density at radius 3 is 2.38 bits per heavy atom. The Kier molecular flexibility index (Phi) is 11.7. The van der Waals surface area contributed by atoms with Gasteiger partial charge in [0.05, 0.1) is 6.61 Å². The van der Waals surface area contributed by atoms with Crippen molar-refractivity contribution in [1.29, 1.82) is 0 Å². The van der Waals surface area contributed by atoms with Crippen LogP contribution >= 0.6 is 0 Å². The van der Waals surface area contributed by atoms with E-state index in [4.69, 9.17) is 4.74 Å². The summed E-state index contributed by atoms with van der Waals surface area (Å²) in [5, 5.41) is 0. The fraction of sp³-hybridized carbons (Fsp3) is 0.786. The van der Waals surface area contributed by atoms with Crippen molar-refractivity contribution in [3.63, 3.8) is 0 Å². The van der Waals surface area contributed by atoms with E-state index in [0.717, 1.165) is 19.3 Å². The fourth-order valence-electron chi connectivity index (χ4n) is 1.56. The maximum absolute atomic E-state index is 11.0. The zero-order valence-electron chi connectivity index (χ0n) is 10.7. The number of hydrogen-bond acceptors (Lipinski definition) is 2. The van der Waals surface area contributed by atoms with E-state index in [1.54, 1.807) is 0 Å². The van der Waals surface area contributed by atoms with Crippen molar-refractivity contribution in [2.24, 2.45) is 0 Å². The number of allylic oxidation sites excluding steroid dienone is 1. The summed E-state index contributed by atoms with van der Waals surface area (Å²) in [6.45, 7) is 6.30. The van der Waals surface area contributed by atoms with E-state index in [0.29, 0.717) is 13.0 Å². The van der Waals surface area contributed by atoms with Crippen molar-refractivity contribution in [2.75, 3.05) is 6.61 Å². The first kappa shape index (κ1) is 15.2. The van der Waals surface area contributed by atoms with E-state index >= 15 is 0 Å². The molecule has 0 aliphatic rings. The number of unbranched alkanes of at least 4 members (excludes halogenated alkanes) is 6. The van der Waals surface area contributed by atoms with Gasteiger partial charge in [0.1, 0.15) is 0 Å². The quantitative estimate of drug-likeness (QED) is 0.299. The highest BCUT2D eigenvalue weighted by Crippen LogP contribution is 2.07. The molecule has 0 saturated carbocycles. The van der Waals surface area contributed by atoms with E-state index in [-0.39, 0.29) is 5.97 Å². The van der Waals surface area contributed by atoms with Gasteiger partial charge in [-0.1, -0.05) is 38.7 Å². The van der Waals surface area contributed by atoms with Gasteiger partial charge in [0.15, 0.2) is 0 Å². The van der Waals surface area contributed by atoms with Crippen molar-refractivity contribution < 1.29 is 9.53 Å². The van der Waals surface area contributed by atoms with Gasteiger partial charge in [0.2, 0.25) is 0 Å². The molecule has 0 aromatic rings. The Morgan fingerprint density at radius 2 is 1.75 bits per heavy atom. The van der Waals surface area contributed by atoms with Gasteiger partial charge in [-0.05, 0) is 25.7 Å². The molecule has 0 heterocycles. The molecule has 16 heavy (non-hydrogen) atoms. The highest BCUT2D eigenvalue weighted by atomic mass is 16.5. The third-order valence-corrected chi connectivity index (χ3v) is 2.52. The second-order valence-electron chi connectivity index (χ2n) is 4.17. The van der Waals surface area contributed by atoms with Crippen LogP contribution in [0.2, 0.25) is 0 Å². The first-order valence-electron chi connectivity index (χ1n) is 6.57. The van der Waals surface area contributed by atoms with Gasteiger partial charge in [0, 0.05) is 6.42 Å². The summed E-state index contributed by atoms with van der Waals surface area (Å²) in [6, 6.07) is 0. The van der Waals surface area contributed by atoms with Crippen LogP contribution in [0.4, 0.5) is 0 Å². The standard InChI is InChI=1S/C14H26O2/c1-3-5-6-7-8-9-10-11-13-16-14(15)12-4-2/h3H,1,4-13H2,2H3. The maximum atomic E-state index is 11.0. The van der Waals surface area contributed by atoms with Gasteiger partial charge in [-0.15, -0.1) is 6.58 Å². The first-order valence-corrected chi connectivity index (χ1v) is 6.57. The zero-order chi connectivity index (χ0) is 12.1. The molecule has 2 heteroatoms. The lowest BCUT2D eigenvalue weighted by molar-refractivity contribution is -0.143. The van der Waals surface area contributed by atoms with Crippen LogP contribution in [0.3, 0.4) is 0 Å². The zero-order valence-corrected chi connectivity index (χ0v) is 10.7. The Hall–Kier alpha value is -0.790. The van der Waals surface area contributed by atoms with Gasteiger partial charge in [-0.3, -0.25) is 4.79 Å². The second kappa shape index (κ2) is 12.3. The van der Waals surface area contributed by atoms with Crippen LogP contribution in [-0.2, 0) is 9.53 Å². The van der Waals surface area contributed by atoms with Crippen LogP contribution in [0.15, 0.2) is 12.7 Å². The lowest BCUT2D eigenvalue weighted by atomic mass is 10.1. The summed E-state index contributed by atoms with van der Waals surface area (Å²) in [5.41, 5.74) is 0. The van der Waals surface area contributed by atoms with Gasteiger partial charge in [0.25, 0.3) is 0 Å². The Bertz CT molecular complexity index is 176. The molecule has 0 N–H and O–H groups in total. The molecule has 0 unspecified atom stereocenters. The smallest absolute Gasteiger partial charge is 0.305 e. The third-order valence-electron chi connectivity index (χ3n) is 2.52. The molecule has 0 atom stereocenters. The fourth-order valence-corrected chi connectivity index (χ4v) is 1.56. The molecule has 0 saturated heterocycles. The summed E-state index contributed by atoms with van der Waals surface area (Å²) < 4.78 is 5.08. The van der Waals surface area contributed by atoms with E-state index < -0.39 is 0 Å². The summed E-state index contributed by atoms with van der Waals surface area (Å²) >= 11 is 0. The maximum Gasteiger partial charge on any atom is 0.305 e. The van der Waals surface area contributed by atoms with Gasteiger partial charge >= 0.3 is 5.97 Å². The molecule has 0 spiro atoms. The van der Waals surface area contributed by atoms with Crippen molar-refractivity contribution in [3.8, 4) is 0 Å². The monoisotopic (exact) mass is 226 g/mol. The summed E-state index contributed by atoms with van der Waals surface area (Å²) in [7, 11) is 0. The Balaban J connectivity index is 3.03. The number of hydrogen-bond donors (Lipinski definition) is 0. The predicted molar refractivity (Wildman–Crippen MR) is 68.4 cm³/mol. The second-order valence-corrected chi connectivity index (χ2v) is 4.17. The van der Waals surface area contributed by atoms with Crippen LogP contribution < -0.4 is 0 Å². The minimum Gasteiger partial charge on any atom is -0.466 e. The van der Waals surface area contributed by atoms with Crippen LogP contribution in [-0.4, -0.2) is 12.6 Å². The van der Waals surface area contributed by atoms with Crippen LogP contribution in [0.5, 0.6) is 0 Å². The largest absolute Gasteiger partial charge is 0.466 e. The van der Waals surface area contributed by atoms with E-state index in [1.165, 1.54) is 32.1 Å². The minimum atomic E-state index is -0.0477. The first-order chi connectivity index (χ1) is 7.81. The number of esters is 1. The molecule has 0 radical (unpaired) electrons. The average Bonchev–Trinajstić information content (AvgIpc) is 2.27. The normalized spacial score (nSPS) is 10.1. The van der Waals surface area contributed by atoms with Crippen molar-refractivity contribution in [1.82, 2.24) is 0 Å². The Morgan fingerprint density at radius 1 is 1.12 bits per heavy atom. The molecule has 2 nitrogen and oxygen atoms in total. The highest BCUT2D eigenvalue weighted by Gasteiger charge is 1.99. The van der Waals surface area contributed by atoms with Crippen LogP contribution in [0.25, 0.3) is 0 Å². The highest BCUT2D eigenvalue weighted by molar-refractivity contribution is 5.69. The summed E-state index contributed by atoms with van der Waals surface area (Å²) in [4.78, 5) is 11.0.